The number of carbonyl (C=O) groups excluding carboxylic acids is 2. The first-order chi connectivity index (χ1) is 36.8. The van der Waals surface area contributed by atoms with Gasteiger partial charge in [0.05, 0.1) is 39.6 Å². The summed E-state index contributed by atoms with van der Waals surface area (Å²) in [5.74, 6) is 0. The summed E-state index contributed by atoms with van der Waals surface area (Å²) in [6.45, 7) is 11.3. The molecule has 0 aliphatic carbocycles. The molecule has 10 atom stereocenters. The molecule has 2 amide bonds. The largest absolute Gasteiger partial charge is 0.444 e. The van der Waals surface area contributed by atoms with Crippen LogP contribution in [0.25, 0.3) is 0 Å². The van der Waals surface area contributed by atoms with Crippen molar-refractivity contribution in [1.29, 1.82) is 0 Å². The van der Waals surface area contributed by atoms with Crippen molar-refractivity contribution in [2.75, 3.05) is 0 Å². The van der Waals surface area contributed by atoms with Crippen LogP contribution in [0.15, 0.2) is 182 Å². The van der Waals surface area contributed by atoms with Gasteiger partial charge in [0.1, 0.15) is 47.8 Å². The van der Waals surface area contributed by atoms with Gasteiger partial charge in [-0.1, -0.05) is 182 Å². The molecule has 3 fully saturated rings. The molecule has 2 unspecified atom stereocenters. The Morgan fingerprint density at radius 3 is 0.697 bits per heavy atom. The zero-order valence-electron chi connectivity index (χ0n) is 44.1. The number of nitrogens with zero attached hydrogens (tertiary/aromatic N) is 2. The third-order valence-corrected chi connectivity index (χ3v) is 13.0. The Morgan fingerprint density at radius 1 is 0.329 bits per heavy atom. The molecule has 14 heteroatoms. The summed E-state index contributed by atoms with van der Waals surface area (Å²) >= 11 is 0. The van der Waals surface area contributed by atoms with Gasteiger partial charge in [0.15, 0.2) is 24.9 Å². The molecule has 0 spiro atoms. The van der Waals surface area contributed by atoms with E-state index in [0.29, 0.717) is 0 Å². The summed E-state index contributed by atoms with van der Waals surface area (Å²) in [5, 5.41) is 0. The van der Waals surface area contributed by atoms with Gasteiger partial charge in [0.25, 0.3) is 0 Å². The molecule has 9 rings (SSSR count). The minimum absolute atomic E-state index is 0.0743. The SMILES string of the molecule is CC(C)(C)OC(=O)N1[C@@H]2O[C@H]3[C@@H](OCc4ccccc4)C(OCc4ccccc4)[C@@H](OCc4ccccc4)[C@@H](O[C@H]1[C@@H](OCc1ccccc1)C(OCc1ccccc1)[C@H]2OCc1ccccc1)N3C(=O)OC(C)(C)C. The molecule has 3 saturated heterocycles. The highest BCUT2D eigenvalue weighted by molar-refractivity contribution is 5.70. The maximum Gasteiger partial charge on any atom is 0.414 e. The minimum Gasteiger partial charge on any atom is -0.444 e. The fraction of sp³-hybridized carbons (Fsp3) is 0.387. The van der Waals surface area contributed by atoms with E-state index in [9.17, 15) is 0 Å². The molecule has 0 N–H and O–H groups in total. The fourth-order valence-electron chi connectivity index (χ4n) is 9.54. The van der Waals surface area contributed by atoms with E-state index in [1.165, 1.54) is 9.80 Å². The second-order valence-corrected chi connectivity index (χ2v) is 21.2. The number of carbonyl (C=O) groups is 2. The Morgan fingerprint density at radius 2 is 0.513 bits per heavy atom. The summed E-state index contributed by atoms with van der Waals surface area (Å²) in [6.07, 6.45) is -13.7. The first-order valence-corrected chi connectivity index (χ1v) is 26.0. The number of fused-ring (bicyclic) bond motifs is 4. The van der Waals surface area contributed by atoms with Crippen LogP contribution in [0, 0.1) is 0 Å². The predicted molar refractivity (Wildman–Crippen MR) is 284 cm³/mol. The number of amides is 2. The van der Waals surface area contributed by atoms with Crippen LogP contribution in [-0.2, 0) is 87.0 Å². The number of hydrogen-bond donors (Lipinski definition) is 0. The van der Waals surface area contributed by atoms with Gasteiger partial charge in [0, 0.05) is 0 Å². The van der Waals surface area contributed by atoms with Crippen molar-refractivity contribution in [2.24, 2.45) is 0 Å². The standard InChI is InChI=1S/C62H70N2O12/c1-61(2,3)75-59(65)63-55-51(69-39-45-29-17-9-18-30-45)49(67-37-43-25-13-7-14-26-43)52(70-40-46-31-19-10-20-32-46)56(63)74-58-54(72-42-48-35-23-12-24-36-48)50(68-38-44-27-15-8-16-28-44)53(71-41-47-33-21-11-22-34-47)57(73-55)64(58)60(66)76-62(4,5)6/h7-36,49-58H,37-42H2,1-6H3/t49?,50?,51-,52+,53+,54-,55-,56+,57+,58-. The molecule has 400 valence electrons. The van der Waals surface area contributed by atoms with Crippen LogP contribution >= 0.6 is 0 Å². The van der Waals surface area contributed by atoms with Gasteiger partial charge >= 0.3 is 12.2 Å². The van der Waals surface area contributed by atoms with Gasteiger partial charge in [-0.3, -0.25) is 9.80 Å². The zero-order valence-corrected chi connectivity index (χ0v) is 44.1. The van der Waals surface area contributed by atoms with E-state index in [1.807, 2.05) is 182 Å². The van der Waals surface area contributed by atoms with Gasteiger partial charge in [0.2, 0.25) is 0 Å². The Bertz CT molecular complexity index is 2410. The van der Waals surface area contributed by atoms with E-state index in [1.54, 1.807) is 41.5 Å². The van der Waals surface area contributed by atoms with E-state index in [4.69, 9.17) is 47.4 Å². The monoisotopic (exact) mass is 1030 g/mol. The summed E-state index contributed by atoms with van der Waals surface area (Å²) < 4.78 is 70.3. The van der Waals surface area contributed by atoms with E-state index < -0.39 is 84.9 Å². The number of rotatable bonds is 18. The summed E-state index contributed by atoms with van der Waals surface area (Å²) in [6, 6.07) is 58.4. The van der Waals surface area contributed by atoms with E-state index in [0.717, 1.165) is 33.4 Å². The average Bonchev–Trinajstić information content (AvgIpc) is 3.42. The van der Waals surface area contributed by atoms with Crippen LogP contribution in [0.2, 0.25) is 0 Å². The van der Waals surface area contributed by atoms with Crippen LogP contribution in [-0.4, -0.2) is 94.7 Å². The zero-order chi connectivity index (χ0) is 53.1. The third-order valence-electron chi connectivity index (χ3n) is 13.0. The number of ether oxygens (including phenoxy) is 10. The van der Waals surface area contributed by atoms with Gasteiger partial charge in [-0.15, -0.1) is 0 Å². The first kappa shape index (κ1) is 54.3. The Hall–Kier alpha value is -6.46. The number of piperidine rings is 2. The van der Waals surface area contributed by atoms with Crippen molar-refractivity contribution in [3.05, 3.63) is 215 Å². The quantitative estimate of drug-likeness (QED) is 0.0811. The Kier molecular flexibility index (Phi) is 18.0. The molecular weight excluding hydrogens is 965 g/mol. The van der Waals surface area contributed by atoms with Crippen molar-refractivity contribution in [1.82, 2.24) is 9.80 Å². The Balaban J connectivity index is 1.26. The highest BCUT2D eigenvalue weighted by Gasteiger charge is 2.65. The third kappa shape index (κ3) is 14.1. The molecular formula is C62H70N2O12. The molecule has 14 nitrogen and oxygen atoms in total. The van der Waals surface area contributed by atoms with Crippen molar-refractivity contribution in [3.63, 3.8) is 0 Å². The highest BCUT2D eigenvalue weighted by Crippen LogP contribution is 2.44. The Labute approximate surface area is 446 Å². The van der Waals surface area contributed by atoms with Gasteiger partial charge < -0.3 is 47.4 Å². The maximum absolute atomic E-state index is 15.4. The topological polar surface area (TPSA) is 133 Å². The molecule has 3 aliphatic heterocycles. The van der Waals surface area contributed by atoms with Crippen LogP contribution in [0.4, 0.5) is 9.59 Å². The maximum atomic E-state index is 15.4. The second-order valence-electron chi connectivity index (χ2n) is 21.2. The molecule has 6 aromatic rings. The van der Waals surface area contributed by atoms with E-state index in [2.05, 4.69) is 0 Å². The molecule has 0 radical (unpaired) electrons. The van der Waals surface area contributed by atoms with Crippen molar-refractivity contribution >= 4 is 12.2 Å². The summed E-state index contributed by atoms with van der Waals surface area (Å²) in [7, 11) is 0. The molecule has 0 saturated carbocycles. The minimum atomic E-state index is -1.41. The molecule has 0 aromatic heterocycles. The smallest absolute Gasteiger partial charge is 0.414 e. The number of benzene rings is 6. The second kappa shape index (κ2) is 25.1. The normalized spacial score (nSPS) is 24.5. The molecule has 6 aromatic carbocycles. The van der Waals surface area contributed by atoms with E-state index >= 15 is 9.59 Å². The van der Waals surface area contributed by atoms with Crippen molar-refractivity contribution in [2.45, 2.75) is 154 Å². The lowest BCUT2D eigenvalue weighted by Gasteiger charge is -2.59. The molecule has 3 aliphatic rings. The average molecular weight is 1040 g/mol. The summed E-state index contributed by atoms with van der Waals surface area (Å²) in [5.41, 5.74) is 3.20. The highest BCUT2D eigenvalue weighted by atomic mass is 16.7. The summed E-state index contributed by atoms with van der Waals surface area (Å²) in [4.78, 5) is 33.7. The van der Waals surface area contributed by atoms with Gasteiger partial charge in [-0.2, -0.15) is 0 Å². The lowest BCUT2D eigenvalue weighted by molar-refractivity contribution is -0.395. The van der Waals surface area contributed by atoms with Gasteiger partial charge in [-0.25, -0.2) is 9.59 Å². The lowest BCUT2D eigenvalue weighted by atomic mass is 9.93. The molecule has 76 heavy (non-hydrogen) atoms. The first-order valence-electron chi connectivity index (χ1n) is 26.0. The number of hydrogen-bond acceptors (Lipinski definition) is 12. The molecule has 3 heterocycles. The van der Waals surface area contributed by atoms with Crippen LogP contribution in [0.1, 0.15) is 74.9 Å². The van der Waals surface area contributed by atoms with Crippen molar-refractivity contribution < 1.29 is 57.0 Å². The van der Waals surface area contributed by atoms with Crippen molar-refractivity contribution in [3.8, 4) is 0 Å². The van der Waals surface area contributed by atoms with Crippen LogP contribution in [0.5, 0.6) is 0 Å². The van der Waals surface area contributed by atoms with Crippen LogP contribution in [0.3, 0.4) is 0 Å². The van der Waals surface area contributed by atoms with Crippen LogP contribution < -0.4 is 0 Å². The fourth-order valence-corrected chi connectivity index (χ4v) is 9.54. The predicted octanol–water partition coefficient (Wildman–Crippen LogP) is 11.4. The lowest BCUT2D eigenvalue weighted by Crippen LogP contribution is -2.79. The molecule has 4 bridgehead atoms. The van der Waals surface area contributed by atoms with Gasteiger partial charge in [-0.05, 0) is 74.9 Å². The van der Waals surface area contributed by atoms with E-state index in [-0.39, 0.29) is 39.6 Å².